The Bertz CT molecular complexity index is 522. The van der Waals surface area contributed by atoms with Crippen molar-refractivity contribution in [2.75, 3.05) is 38.5 Å². The van der Waals surface area contributed by atoms with Gasteiger partial charge in [0.25, 0.3) is 5.91 Å². The Morgan fingerprint density at radius 1 is 1.57 bits per heavy atom. The van der Waals surface area contributed by atoms with Crippen LogP contribution in [0.3, 0.4) is 0 Å². The molecule has 0 radical (unpaired) electrons. The molecule has 21 heavy (non-hydrogen) atoms. The van der Waals surface area contributed by atoms with Crippen LogP contribution in [-0.4, -0.2) is 49.7 Å². The van der Waals surface area contributed by atoms with Crippen LogP contribution in [0.1, 0.15) is 22.8 Å². The Balaban J connectivity index is 1.96. The lowest BCUT2D eigenvalue weighted by Gasteiger charge is -2.32. The highest BCUT2D eigenvalue weighted by atomic mass is 79.9. The van der Waals surface area contributed by atoms with Crippen LogP contribution in [0, 0.1) is 6.92 Å². The van der Waals surface area contributed by atoms with Crippen LogP contribution < -0.4 is 11.1 Å². The zero-order valence-corrected chi connectivity index (χ0v) is 14.1. The van der Waals surface area contributed by atoms with Crippen molar-refractivity contribution in [1.82, 2.24) is 10.2 Å². The molecule has 0 aromatic heterocycles. The van der Waals surface area contributed by atoms with Crippen LogP contribution in [0.15, 0.2) is 16.6 Å². The first kappa shape index (κ1) is 16.3. The highest BCUT2D eigenvalue weighted by Crippen LogP contribution is 2.22. The van der Waals surface area contributed by atoms with E-state index in [1.807, 2.05) is 6.92 Å². The number of morpholine rings is 1. The third-order valence-corrected chi connectivity index (χ3v) is 4.28. The molecule has 3 N–H and O–H groups in total. The van der Waals surface area contributed by atoms with E-state index in [0.717, 1.165) is 36.3 Å². The number of nitrogens with zero attached hydrogens (tertiary/aromatic N) is 1. The summed E-state index contributed by atoms with van der Waals surface area (Å²) in [5.74, 6) is -0.113. The maximum Gasteiger partial charge on any atom is 0.251 e. The zero-order chi connectivity index (χ0) is 15.4. The molecular weight excluding hydrogens is 334 g/mol. The number of carbonyl (C=O) groups excluding carboxylic acids is 1. The molecule has 0 saturated carbocycles. The maximum absolute atomic E-state index is 12.3. The number of rotatable bonds is 4. The maximum atomic E-state index is 12.3. The van der Waals surface area contributed by atoms with Crippen molar-refractivity contribution in [3.63, 3.8) is 0 Å². The van der Waals surface area contributed by atoms with E-state index >= 15 is 0 Å². The SMILES string of the molecule is CCN1CCOC(CNC(=O)c2cc(Br)cc(N)c2C)C1. The predicted molar refractivity (Wildman–Crippen MR) is 87.5 cm³/mol. The molecule has 5 nitrogen and oxygen atoms in total. The summed E-state index contributed by atoms with van der Waals surface area (Å²) in [7, 11) is 0. The van der Waals surface area contributed by atoms with Gasteiger partial charge in [-0.2, -0.15) is 0 Å². The molecule has 6 heteroatoms. The molecule has 1 amide bonds. The Labute approximate surface area is 134 Å². The molecule has 2 rings (SSSR count). The average molecular weight is 356 g/mol. The second-order valence-electron chi connectivity index (χ2n) is 5.26. The molecule has 1 heterocycles. The van der Waals surface area contributed by atoms with Gasteiger partial charge >= 0.3 is 0 Å². The van der Waals surface area contributed by atoms with E-state index in [9.17, 15) is 4.79 Å². The average Bonchev–Trinajstić information content (AvgIpc) is 2.48. The van der Waals surface area contributed by atoms with Gasteiger partial charge in [0.05, 0.1) is 12.7 Å². The van der Waals surface area contributed by atoms with Crippen molar-refractivity contribution in [2.45, 2.75) is 20.0 Å². The largest absolute Gasteiger partial charge is 0.398 e. The number of halogens is 1. The Kier molecular flexibility index (Phi) is 5.61. The summed E-state index contributed by atoms with van der Waals surface area (Å²) in [4.78, 5) is 14.6. The summed E-state index contributed by atoms with van der Waals surface area (Å²) in [5, 5.41) is 2.94. The number of hydrogen-bond acceptors (Lipinski definition) is 4. The van der Waals surface area contributed by atoms with Gasteiger partial charge in [-0.05, 0) is 31.2 Å². The van der Waals surface area contributed by atoms with E-state index in [1.165, 1.54) is 0 Å². The van der Waals surface area contributed by atoms with E-state index < -0.39 is 0 Å². The number of anilines is 1. The Morgan fingerprint density at radius 3 is 3.05 bits per heavy atom. The van der Waals surface area contributed by atoms with Crippen LogP contribution in [-0.2, 0) is 4.74 Å². The van der Waals surface area contributed by atoms with E-state index in [4.69, 9.17) is 10.5 Å². The first-order valence-corrected chi connectivity index (χ1v) is 7.98. The van der Waals surface area contributed by atoms with Crippen LogP contribution >= 0.6 is 15.9 Å². The van der Waals surface area contributed by atoms with Crippen molar-refractivity contribution >= 4 is 27.5 Å². The first-order valence-electron chi connectivity index (χ1n) is 7.19. The molecule has 0 spiro atoms. The molecule has 1 aromatic carbocycles. The quantitative estimate of drug-likeness (QED) is 0.808. The molecule has 1 aromatic rings. The lowest BCUT2D eigenvalue weighted by molar-refractivity contribution is -0.0246. The highest BCUT2D eigenvalue weighted by Gasteiger charge is 2.20. The molecule has 116 valence electrons. The summed E-state index contributed by atoms with van der Waals surface area (Å²) < 4.78 is 6.49. The van der Waals surface area contributed by atoms with Crippen molar-refractivity contribution in [1.29, 1.82) is 0 Å². The van der Waals surface area contributed by atoms with Crippen molar-refractivity contribution < 1.29 is 9.53 Å². The molecule has 1 atom stereocenters. The second kappa shape index (κ2) is 7.24. The minimum absolute atomic E-state index is 0.0486. The lowest BCUT2D eigenvalue weighted by Crippen LogP contribution is -2.47. The topological polar surface area (TPSA) is 67.6 Å². The minimum atomic E-state index is -0.113. The third kappa shape index (κ3) is 4.18. The van der Waals surface area contributed by atoms with Gasteiger partial charge in [0.1, 0.15) is 0 Å². The lowest BCUT2D eigenvalue weighted by atomic mass is 10.1. The highest BCUT2D eigenvalue weighted by molar-refractivity contribution is 9.10. The van der Waals surface area contributed by atoms with Gasteiger partial charge in [-0.1, -0.05) is 22.9 Å². The molecule has 1 aliphatic rings. The number of carbonyl (C=O) groups is 1. The fourth-order valence-electron chi connectivity index (χ4n) is 2.43. The number of nitrogen functional groups attached to an aromatic ring is 1. The zero-order valence-electron chi connectivity index (χ0n) is 12.5. The number of ether oxygens (including phenoxy) is 1. The van der Waals surface area contributed by atoms with Gasteiger partial charge in [0.2, 0.25) is 0 Å². The second-order valence-corrected chi connectivity index (χ2v) is 6.18. The van der Waals surface area contributed by atoms with Gasteiger partial charge in [0.15, 0.2) is 0 Å². The predicted octanol–water partition coefficient (Wildman–Crippen LogP) is 1.79. The smallest absolute Gasteiger partial charge is 0.251 e. The first-order chi connectivity index (χ1) is 10.0. The summed E-state index contributed by atoms with van der Waals surface area (Å²) >= 11 is 3.37. The number of benzene rings is 1. The number of hydrogen-bond donors (Lipinski definition) is 2. The van der Waals surface area contributed by atoms with Gasteiger partial charge in [-0.15, -0.1) is 0 Å². The molecule has 1 aliphatic heterocycles. The minimum Gasteiger partial charge on any atom is -0.398 e. The van der Waals surface area contributed by atoms with E-state index in [1.54, 1.807) is 12.1 Å². The number of likely N-dealkylation sites (N-methyl/N-ethyl adjacent to an activating group) is 1. The van der Waals surface area contributed by atoms with Crippen LogP contribution in [0.4, 0.5) is 5.69 Å². The van der Waals surface area contributed by atoms with Gasteiger partial charge in [0, 0.05) is 35.4 Å². The fourth-order valence-corrected chi connectivity index (χ4v) is 2.90. The third-order valence-electron chi connectivity index (χ3n) is 3.82. The fraction of sp³-hybridized carbons (Fsp3) is 0.533. The number of amides is 1. The summed E-state index contributed by atoms with van der Waals surface area (Å²) in [6.07, 6.45) is 0.0486. The molecule has 1 unspecified atom stereocenters. The van der Waals surface area contributed by atoms with Crippen LogP contribution in [0.5, 0.6) is 0 Å². The molecular formula is C15H22BrN3O2. The monoisotopic (exact) mass is 355 g/mol. The van der Waals surface area contributed by atoms with Gasteiger partial charge in [-0.3, -0.25) is 9.69 Å². The van der Waals surface area contributed by atoms with Gasteiger partial charge < -0.3 is 15.8 Å². The van der Waals surface area contributed by atoms with Crippen molar-refractivity contribution in [3.05, 3.63) is 27.7 Å². The molecule has 1 fully saturated rings. The molecule has 0 bridgehead atoms. The van der Waals surface area contributed by atoms with Crippen molar-refractivity contribution in [3.8, 4) is 0 Å². The van der Waals surface area contributed by atoms with Crippen LogP contribution in [0.2, 0.25) is 0 Å². The summed E-state index contributed by atoms with van der Waals surface area (Å²) in [6, 6.07) is 3.59. The Hall–Kier alpha value is -1.11. The Morgan fingerprint density at radius 2 is 2.33 bits per heavy atom. The normalized spacial score (nSPS) is 19.5. The summed E-state index contributed by atoms with van der Waals surface area (Å²) in [5.41, 5.74) is 7.91. The van der Waals surface area contributed by atoms with Gasteiger partial charge in [-0.25, -0.2) is 0 Å². The van der Waals surface area contributed by atoms with E-state index in [-0.39, 0.29) is 12.0 Å². The van der Waals surface area contributed by atoms with E-state index in [0.29, 0.717) is 17.8 Å². The van der Waals surface area contributed by atoms with Crippen molar-refractivity contribution in [2.24, 2.45) is 0 Å². The number of nitrogens with two attached hydrogens (primary N) is 1. The van der Waals surface area contributed by atoms with E-state index in [2.05, 4.69) is 33.1 Å². The molecule has 0 aliphatic carbocycles. The summed E-state index contributed by atoms with van der Waals surface area (Å²) in [6.45, 7) is 8.05. The standard InChI is InChI=1S/C15H22BrN3O2/c1-3-19-4-5-21-12(9-19)8-18-15(20)13-6-11(16)7-14(17)10(13)2/h6-7,12H,3-5,8-9,17H2,1-2H3,(H,18,20). The van der Waals surface area contributed by atoms with Crippen LogP contribution in [0.25, 0.3) is 0 Å². The number of nitrogens with one attached hydrogen (secondary N) is 1. The molecule has 1 saturated heterocycles.